The highest BCUT2D eigenvalue weighted by molar-refractivity contribution is 5.97. The van der Waals surface area contributed by atoms with Crippen LogP contribution in [0.5, 0.6) is 5.75 Å². The lowest BCUT2D eigenvalue weighted by Gasteiger charge is -2.29. The smallest absolute Gasteiger partial charge is 0.335 e. The maximum atomic E-state index is 12.1. The maximum absolute atomic E-state index is 12.1. The zero-order chi connectivity index (χ0) is 19.9. The largest absolute Gasteiger partial charge is 0.482 e. The Hall–Kier alpha value is -3.35. The predicted octanol–water partition coefficient (Wildman–Crippen LogP) is 2.25. The van der Waals surface area contributed by atoms with Crippen LogP contribution in [0.2, 0.25) is 0 Å². The van der Waals surface area contributed by atoms with Gasteiger partial charge in [0.15, 0.2) is 6.61 Å². The summed E-state index contributed by atoms with van der Waals surface area (Å²) >= 11 is 0. The molecule has 1 aliphatic rings. The van der Waals surface area contributed by atoms with E-state index in [9.17, 15) is 14.4 Å². The van der Waals surface area contributed by atoms with Crippen LogP contribution in [0, 0.1) is 0 Å². The highest BCUT2D eigenvalue weighted by Gasteiger charge is 2.24. The highest BCUT2D eigenvalue weighted by atomic mass is 16.5. The Kier molecular flexibility index (Phi) is 6.26. The molecule has 2 aromatic carbocycles. The number of nitrogens with zero attached hydrogens (tertiary/aromatic N) is 1. The third kappa shape index (κ3) is 4.88. The van der Waals surface area contributed by atoms with Crippen molar-refractivity contribution in [3.8, 4) is 5.75 Å². The number of amides is 2. The summed E-state index contributed by atoms with van der Waals surface area (Å²) in [5, 5.41) is 11.7. The molecule has 0 unspecified atom stereocenters. The summed E-state index contributed by atoms with van der Waals surface area (Å²) in [6.45, 7) is 1.02. The quantitative estimate of drug-likeness (QED) is 0.683. The lowest BCUT2D eigenvalue weighted by molar-refractivity contribution is -0.121. The van der Waals surface area contributed by atoms with Gasteiger partial charge in [-0.15, -0.1) is 0 Å². The number of para-hydroxylation sites is 2. The van der Waals surface area contributed by atoms with Crippen molar-refractivity contribution < 1.29 is 24.2 Å². The van der Waals surface area contributed by atoms with Crippen molar-refractivity contribution in [1.29, 1.82) is 0 Å². The molecular weight excluding hydrogens is 360 g/mol. The van der Waals surface area contributed by atoms with E-state index in [0.29, 0.717) is 38.1 Å². The molecule has 0 saturated carbocycles. The van der Waals surface area contributed by atoms with Crippen LogP contribution in [0.15, 0.2) is 48.5 Å². The van der Waals surface area contributed by atoms with Gasteiger partial charge in [0.2, 0.25) is 5.91 Å². The molecule has 2 N–H and O–H groups in total. The van der Waals surface area contributed by atoms with Gasteiger partial charge in [-0.3, -0.25) is 9.59 Å². The normalized spacial score (nSPS) is 12.9. The molecule has 0 radical (unpaired) electrons. The molecule has 1 aliphatic heterocycles. The molecule has 0 saturated heterocycles. The van der Waals surface area contributed by atoms with Crippen LogP contribution in [0.25, 0.3) is 0 Å². The number of anilines is 1. The molecular formula is C21H22N2O5. The lowest BCUT2D eigenvalue weighted by Crippen LogP contribution is -2.40. The maximum Gasteiger partial charge on any atom is 0.335 e. The first-order valence-electron chi connectivity index (χ1n) is 9.16. The number of hydrogen-bond acceptors (Lipinski definition) is 4. The van der Waals surface area contributed by atoms with Crippen molar-refractivity contribution in [2.24, 2.45) is 0 Å². The fourth-order valence-electron chi connectivity index (χ4n) is 3.02. The Bertz CT molecular complexity index is 863. The van der Waals surface area contributed by atoms with Crippen molar-refractivity contribution in [2.45, 2.75) is 19.3 Å². The molecule has 146 valence electrons. The van der Waals surface area contributed by atoms with Crippen molar-refractivity contribution in [2.75, 3.05) is 24.6 Å². The summed E-state index contributed by atoms with van der Waals surface area (Å²) in [5.41, 5.74) is 1.90. The highest BCUT2D eigenvalue weighted by Crippen LogP contribution is 2.31. The van der Waals surface area contributed by atoms with Gasteiger partial charge in [0, 0.05) is 19.5 Å². The minimum atomic E-state index is -0.967. The molecule has 0 fully saturated rings. The SMILES string of the molecule is O=C(CCc1ccc(C(=O)O)cc1)NCCCN1C(=O)COc2ccccc21. The minimum Gasteiger partial charge on any atom is -0.482 e. The number of nitrogens with one attached hydrogen (secondary N) is 1. The molecule has 0 spiro atoms. The van der Waals surface area contributed by atoms with Crippen LogP contribution in [-0.2, 0) is 16.0 Å². The van der Waals surface area contributed by atoms with Crippen LogP contribution >= 0.6 is 0 Å². The molecule has 0 atom stereocenters. The Morgan fingerprint density at radius 2 is 1.86 bits per heavy atom. The number of benzene rings is 2. The van der Waals surface area contributed by atoms with Gasteiger partial charge in [-0.1, -0.05) is 24.3 Å². The first-order chi connectivity index (χ1) is 13.5. The molecule has 0 aromatic heterocycles. The Labute approximate surface area is 162 Å². The third-order valence-corrected chi connectivity index (χ3v) is 4.53. The van der Waals surface area contributed by atoms with E-state index in [2.05, 4.69) is 5.32 Å². The number of carboxylic acid groups (broad SMARTS) is 1. The topological polar surface area (TPSA) is 95.9 Å². The Morgan fingerprint density at radius 3 is 2.61 bits per heavy atom. The number of rotatable bonds is 8. The second kappa shape index (κ2) is 9.03. The number of hydrogen-bond donors (Lipinski definition) is 2. The van der Waals surface area contributed by atoms with E-state index in [-0.39, 0.29) is 24.0 Å². The molecule has 28 heavy (non-hydrogen) atoms. The lowest BCUT2D eigenvalue weighted by atomic mass is 10.1. The van der Waals surface area contributed by atoms with Gasteiger partial charge in [0.1, 0.15) is 5.75 Å². The number of aromatic carboxylic acids is 1. The van der Waals surface area contributed by atoms with Crippen LogP contribution in [0.1, 0.15) is 28.8 Å². The van der Waals surface area contributed by atoms with Crippen LogP contribution < -0.4 is 15.0 Å². The van der Waals surface area contributed by atoms with Crippen molar-refractivity contribution in [3.05, 3.63) is 59.7 Å². The van der Waals surface area contributed by atoms with Gasteiger partial charge in [0.05, 0.1) is 11.3 Å². The van der Waals surface area contributed by atoms with E-state index < -0.39 is 5.97 Å². The molecule has 2 aromatic rings. The first kappa shape index (κ1) is 19.4. The van der Waals surface area contributed by atoms with E-state index in [4.69, 9.17) is 9.84 Å². The van der Waals surface area contributed by atoms with Crippen LogP contribution in [-0.4, -0.2) is 42.6 Å². The molecule has 3 rings (SSSR count). The van der Waals surface area contributed by atoms with Crippen molar-refractivity contribution in [1.82, 2.24) is 5.32 Å². The average Bonchev–Trinajstić information content (AvgIpc) is 2.71. The minimum absolute atomic E-state index is 0.0318. The van der Waals surface area contributed by atoms with Crippen molar-refractivity contribution in [3.63, 3.8) is 0 Å². The summed E-state index contributed by atoms with van der Waals surface area (Å²) in [7, 11) is 0. The molecule has 2 amide bonds. The zero-order valence-electron chi connectivity index (χ0n) is 15.4. The fraction of sp³-hybridized carbons (Fsp3) is 0.286. The number of carbonyl (C=O) groups excluding carboxylic acids is 2. The van der Waals surface area contributed by atoms with Gasteiger partial charge in [-0.05, 0) is 42.7 Å². The van der Waals surface area contributed by atoms with Gasteiger partial charge in [-0.2, -0.15) is 0 Å². The standard InChI is InChI=1S/C21H22N2O5/c24-19(11-8-15-6-9-16(10-7-15)21(26)27)22-12-3-13-23-17-4-1-2-5-18(17)28-14-20(23)25/h1-2,4-7,9-10H,3,8,11-14H2,(H,22,24)(H,26,27). The number of fused-ring (bicyclic) bond motifs is 1. The van der Waals surface area contributed by atoms with Gasteiger partial charge < -0.3 is 20.1 Å². The average molecular weight is 382 g/mol. The second-order valence-corrected chi connectivity index (χ2v) is 6.51. The summed E-state index contributed by atoms with van der Waals surface area (Å²) in [6, 6.07) is 13.9. The van der Waals surface area contributed by atoms with Gasteiger partial charge in [-0.25, -0.2) is 4.79 Å². The zero-order valence-corrected chi connectivity index (χ0v) is 15.4. The number of carbonyl (C=O) groups is 3. The predicted molar refractivity (Wildman–Crippen MR) is 104 cm³/mol. The summed E-state index contributed by atoms with van der Waals surface area (Å²) in [5.74, 6) is -0.434. The second-order valence-electron chi connectivity index (χ2n) is 6.51. The van der Waals surface area contributed by atoms with Gasteiger partial charge >= 0.3 is 5.97 Å². The third-order valence-electron chi connectivity index (χ3n) is 4.53. The van der Waals surface area contributed by atoms with E-state index in [1.165, 1.54) is 12.1 Å². The molecule has 7 nitrogen and oxygen atoms in total. The van der Waals surface area contributed by atoms with E-state index >= 15 is 0 Å². The van der Waals surface area contributed by atoms with E-state index in [1.807, 2.05) is 24.3 Å². The molecule has 1 heterocycles. The molecule has 7 heteroatoms. The summed E-state index contributed by atoms with van der Waals surface area (Å²) < 4.78 is 5.41. The number of ether oxygens (including phenoxy) is 1. The number of carboxylic acids is 1. The molecule has 0 aliphatic carbocycles. The van der Waals surface area contributed by atoms with Crippen molar-refractivity contribution >= 4 is 23.5 Å². The molecule has 0 bridgehead atoms. The monoisotopic (exact) mass is 382 g/mol. The Morgan fingerprint density at radius 1 is 1.11 bits per heavy atom. The Balaban J connectivity index is 1.40. The number of aryl methyl sites for hydroxylation is 1. The summed E-state index contributed by atoms with van der Waals surface area (Å²) in [6.07, 6.45) is 1.51. The fourth-order valence-corrected chi connectivity index (χ4v) is 3.02. The summed E-state index contributed by atoms with van der Waals surface area (Å²) in [4.78, 5) is 36.6. The van der Waals surface area contributed by atoms with Crippen LogP contribution in [0.3, 0.4) is 0 Å². The van der Waals surface area contributed by atoms with Gasteiger partial charge in [0.25, 0.3) is 5.91 Å². The van der Waals surface area contributed by atoms with E-state index in [0.717, 1.165) is 11.3 Å². The van der Waals surface area contributed by atoms with Crippen LogP contribution in [0.4, 0.5) is 5.69 Å². The van der Waals surface area contributed by atoms with E-state index in [1.54, 1.807) is 17.0 Å². The first-order valence-corrected chi connectivity index (χ1v) is 9.16.